The fraction of sp³-hybridized carbons (Fsp3) is 0.533. The minimum atomic E-state index is -0.333. The van der Waals surface area contributed by atoms with Gasteiger partial charge in [-0.25, -0.2) is 9.98 Å². The number of hydrogen-bond donors (Lipinski definition) is 0. The Hall–Kier alpha value is -1.01. The van der Waals surface area contributed by atoms with Crippen LogP contribution in [0.15, 0.2) is 17.1 Å². The Morgan fingerprint density at radius 3 is 2.50 bits per heavy atom. The third-order valence-corrected chi connectivity index (χ3v) is 3.81. The normalized spacial score (nSPS) is 18.3. The fourth-order valence-electron chi connectivity index (χ4n) is 2.30. The molecule has 0 spiro atoms. The summed E-state index contributed by atoms with van der Waals surface area (Å²) in [4.78, 5) is 20.1. The lowest BCUT2D eigenvalue weighted by Gasteiger charge is -2.23. The molecule has 1 aliphatic rings. The Labute approximate surface area is 139 Å². The molecule has 2 rings (SSSR count). The number of rotatable bonds is 5. The minimum absolute atomic E-state index is 0.186. The maximum atomic E-state index is 12.1. The first kappa shape index (κ1) is 17.3. The molecular weight excluding hydrogens is 327 g/mol. The highest BCUT2D eigenvalue weighted by Gasteiger charge is 2.19. The summed E-state index contributed by atoms with van der Waals surface area (Å²) in [5, 5.41) is 0.373. The van der Waals surface area contributed by atoms with Gasteiger partial charge in [0.1, 0.15) is 10.3 Å². The van der Waals surface area contributed by atoms with Crippen molar-refractivity contribution in [3.05, 3.63) is 28.0 Å². The molecule has 1 aliphatic carbocycles. The van der Waals surface area contributed by atoms with Gasteiger partial charge in [-0.05, 0) is 37.8 Å². The number of ether oxygens (including phenoxy) is 2. The Kier molecular flexibility index (Phi) is 6.76. The van der Waals surface area contributed by atoms with Crippen LogP contribution in [0.5, 0.6) is 0 Å². The number of aromatic nitrogens is 1. The molecule has 1 saturated carbocycles. The van der Waals surface area contributed by atoms with Gasteiger partial charge >= 0.3 is 0 Å². The molecule has 1 amide bonds. The maximum Gasteiger partial charge on any atom is 0.277 e. The van der Waals surface area contributed by atoms with Crippen LogP contribution in [0, 0.1) is 0 Å². The summed E-state index contributed by atoms with van der Waals surface area (Å²) in [6.07, 6.45) is 3.47. The molecule has 1 fully saturated rings. The van der Waals surface area contributed by atoms with E-state index in [4.69, 9.17) is 32.7 Å². The third kappa shape index (κ3) is 5.32. The number of hydrogen-bond acceptors (Lipinski definition) is 4. The molecule has 120 valence electrons. The van der Waals surface area contributed by atoms with Gasteiger partial charge in [0.15, 0.2) is 0 Å². The lowest BCUT2D eigenvalue weighted by Crippen LogP contribution is -2.23. The first-order valence-corrected chi connectivity index (χ1v) is 7.88. The average Bonchev–Trinajstić information content (AvgIpc) is 2.48. The van der Waals surface area contributed by atoms with E-state index in [2.05, 4.69) is 9.98 Å². The number of pyridine rings is 1. The molecular formula is C15H18Cl2N2O3. The summed E-state index contributed by atoms with van der Waals surface area (Å²) in [6.45, 7) is 1.19. The van der Waals surface area contributed by atoms with E-state index in [1.54, 1.807) is 7.11 Å². The Bertz CT molecular complexity index is 533. The van der Waals surface area contributed by atoms with Crippen LogP contribution in [0.1, 0.15) is 36.0 Å². The maximum absolute atomic E-state index is 12.1. The molecule has 1 aromatic heterocycles. The SMILES string of the molecule is COCCOC1CCC(=NC(=O)c2cc(Cl)nc(Cl)c2)CC1. The second-order valence-corrected chi connectivity index (χ2v) is 5.82. The van der Waals surface area contributed by atoms with E-state index in [1.807, 2.05) is 0 Å². The van der Waals surface area contributed by atoms with E-state index < -0.39 is 0 Å². The molecule has 0 aromatic carbocycles. The van der Waals surface area contributed by atoms with Gasteiger partial charge in [-0.2, -0.15) is 0 Å². The topological polar surface area (TPSA) is 60.8 Å². The lowest BCUT2D eigenvalue weighted by molar-refractivity contribution is 0.00822. The van der Waals surface area contributed by atoms with Gasteiger partial charge in [0.05, 0.1) is 19.3 Å². The molecule has 7 heteroatoms. The standard InChI is InChI=1S/C15H18Cl2N2O3/c1-21-6-7-22-12-4-2-11(3-5-12)18-15(20)10-8-13(16)19-14(17)9-10/h8-9,12H,2-7H2,1H3. The molecule has 0 atom stereocenters. The zero-order valence-electron chi connectivity index (χ0n) is 12.3. The number of halogens is 2. The van der Waals surface area contributed by atoms with E-state index in [0.29, 0.717) is 18.8 Å². The van der Waals surface area contributed by atoms with E-state index in [-0.39, 0.29) is 22.3 Å². The van der Waals surface area contributed by atoms with Gasteiger partial charge in [0.25, 0.3) is 5.91 Å². The van der Waals surface area contributed by atoms with Crippen molar-refractivity contribution in [1.82, 2.24) is 4.98 Å². The van der Waals surface area contributed by atoms with Crippen LogP contribution in [0.25, 0.3) is 0 Å². The Morgan fingerprint density at radius 2 is 1.91 bits per heavy atom. The molecule has 0 aliphatic heterocycles. The van der Waals surface area contributed by atoms with Gasteiger partial charge < -0.3 is 9.47 Å². The molecule has 0 radical (unpaired) electrons. The number of nitrogens with zero attached hydrogens (tertiary/aromatic N) is 2. The van der Waals surface area contributed by atoms with Crippen molar-refractivity contribution >= 4 is 34.8 Å². The Morgan fingerprint density at radius 1 is 1.27 bits per heavy atom. The zero-order valence-corrected chi connectivity index (χ0v) is 13.9. The molecule has 1 aromatic rings. The molecule has 0 N–H and O–H groups in total. The highest BCUT2D eigenvalue weighted by molar-refractivity contribution is 6.33. The van der Waals surface area contributed by atoms with Crippen LogP contribution in [-0.2, 0) is 9.47 Å². The number of aliphatic imine (C=N–C) groups is 1. The highest BCUT2D eigenvalue weighted by atomic mass is 35.5. The summed E-state index contributed by atoms with van der Waals surface area (Å²) in [5.74, 6) is -0.333. The van der Waals surface area contributed by atoms with E-state index in [9.17, 15) is 4.79 Å². The largest absolute Gasteiger partial charge is 0.382 e. The predicted molar refractivity (Wildman–Crippen MR) is 86.1 cm³/mol. The zero-order chi connectivity index (χ0) is 15.9. The van der Waals surface area contributed by atoms with Gasteiger partial charge in [-0.1, -0.05) is 23.2 Å². The number of methoxy groups -OCH3 is 1. The summed E-state index contributed by atoms with van der Waals surface area (Å²) >= 11 is 11.6. The van der Waals surface area contributed by atoms with Crippen LogP contribution in [0.4, 0.5) is 0 Å². The quantitative estimate of drug-likeness (QED) is 0.605. The van der Waals surface area contributed by atoms with Crippen molar-refractivity contribution in [2.75, 3.05) is 20.3 Å². The van der Waals surface area contributed by atoms with Crippen molar-refractivity contribution in [2.45, 2.75) is 31.8 Å². The summed E-state index contributed by atoms with van der Waals surface area (Å²) in [7, 11) is 1.65. The van der Waals surface area contributed by atoms with Crippen LogP contribution in [-0.4, -0.2) is 43.0 Å². The molecule has 0 saturated heterocycles. The van der Waals surface area contributed by atoms with Crippen molar-refractivity contribution in [2.24, 2.45) is 4.99 Å². The van der Waals surface area contributed by atoms with Crippen LogP contribution in [0.3, 0.4) is 0 Å². The van der Waals surface area contributed by atoms with Crippen molar-refractivity contribution in [1.29, 1.82) is 0 Å². The second-order valence-electron chi connectivity index (χ2n) is 5.05. The summed E-state index contributed by atoms with van der Waals surface area (Å²) in [6, 6.07) is 2.94. The van der Waals surface area contributed by atoms with E-state index in [1.165, 1.54) is 12.1 Å². The van der Waals surface area contributed by atoms with Crippen molar-refractivity contribution in [3.63, 3.8) is 0 Å². The molecule has 0 bridgehead atoms. The molecule has 5 nitrogen and oxygen atoms in total. The van der Waals surface area contributed by atoms with Gasteiger partial charge in [0.2, 0.25) is 0 Å². The average molecular weight is 345 g/mol. The third-order valence-electron chi connectivity index (χ3n) is 3.42. The monoisotopic (exact) mass is 344 g/mol. The molecule has 0 unspecified atom stereocenters. The first-order valence-electron chi connectivity index (χ1n) is 7.13. The number of carbonyl (C=O) groups is 1. The van der Waals surface area contributed by atoms with Crippen LogP contribution < -0.4 is 0 Å². The van der Waals surface area contributed by atoms with Crippen LogP contribution >= 0.6 is 23.2 Å². The van der Waals surface area contributed by atoms with E-state index in [0.717, 1.165) is 31.4 Å². The Balaban J connectivity index is 1.90. The number of amides is 1. The molecule has 1 heterocycles. The van der Waals surface area contributed by atoms with E-state index >= 15 is 0 Å². The van der Waals surface area contributed by atoms with Crippen molar-refractivity contribution < 1.29 is 14.3 Å². The van der Waals surface area contributed by atoms with Gasteiger partial charge in [-0.3, -0.25) is 4.79 Å². The first-order chi connectivity index (χ1) is 10.6. The fourth-order valence-corrected chi connectivity index (χ4v) is 2.76. The summed E-state index contributed by atoms with van der Waals surface area (Å²) < 4.78 is 10.6. The van der Waals surface area contributed by atoms with Gasteiger partial charge in [-0.15, -0.1) is 0 Å². The number of carbonyl (C=O) groups excluding carboxylic acids is 1. The molecule has 22 heavy (non-hydrogen) atoms. The second kappa shape index (κ2) is 8.58. The van der Waals surface area contributed by atoms with Crippen LogP contribution in [0.2, 0.25) is 10.3 Å². The minimum Gasteiger partial charge on any atom is -0.382 e. The summed E-state index contributed by atoms with van der Waals surface area (Å²) in [5.41, 5.74) is 1.25. The predicted octanol–water partition coefficient (Wildman–Crippen LogP) is 3.58. The van der Waals surface area contributed by atoms with Crippen molar-refractivity contribution in [3.8, 4) is 0 Å². The lowest BCUT2D eigenvalue weighted by atomic mass is 9.95. The smallest absolute Gasteiger partial charge is 0.277 e. The van der Waals surface area contributed by atoms with Gasteiger partial charge in [0, 0.05) is 18.4 Å². The highest BCUT2D eigenvalue weighted by Crippen LogP contribution is 2.21.